The number of rotatable bonds is 4. The number of nitrogen functional groups attached to an aromatic ring is 1. The zero-order valence-electron chi connectivity index (χ0n) is 11.5. The predicted molar refractivity (Wildman–Crippen MR) is 75.4 cm³/mol. The van der Waals surface area contributed by atoms with E-state index in [1.54, 1.807) is 32.9 Å². The number of aromatic nitrogens is 3. The smallest absolute Gasteiger partial charge is 0.241 e. The van der Waals surface area contributed by atoms with Gasteiger partial charge in [-0.3, -0.25) is 5.10 Å². The zero-order chi connectivity index (χ0) is 14.9. The van der Waals surface area contributed by atoms with Crippen LogP contribution in [0.15, 0.2) is 23.4 Å². The lowest BCUT2D eigenvalue weighted by atomic mass is 10.1. The molecule has 0 fully saturated rings. The highest BCUT2D eigenvalue weighted by atomic mass is 32.2. The maximum absolute atomic E-state index is 12.4. The summed E-state index contributed by atoms with van der Waals surface area (Å²) in [6, 6.07) is 2.83. The number of hydrogen-bond acceptors (Lipinski definition) is 5. The van der Waals surface area contributed by atoms with Crippen LogP contribution in [-0.2, 0) is 10.0 Å². The summed E-state index contributed by atoms with van der Waals surface area (Å²) in [7, 11) is -3.68. The van der Waals surface area contributed by atoms with Crippen molar-refractivity contribution < 1.29 is 8.42 Å². The van der Waals surface area contributed by atoms with Crippen LogP contribution in [0.4, 0.5) is 5.69 Å². The summed E-state index contributed by atoms with van der Waals surface area (Å²) >= 11 is 0. The topological polar surface area (TPSA) is 114 Å². The van der Waals surface area contributed by atoms with Crippen LogP contribution in [0.2, 0.25) is 0 Å². The molecule has 1 aromatic carbocycles. The number of aromatic amines is 1. The minimum absolute atomic E-state index is 0.182. The van der Waals surface area contributed by atoms with Crippen LogP contribution in [0.3, 0.4) is 0 Å². The van der Waals surface area contributed by atoms with Crippen molar-refractivity contribution in [1.29, 1.82) is 0 Å². The molecule has 7 nitrogen and oxygen atoms in total. The molecule has 0 aliphatic heterocycles. The number of nitrogens with zero attached hydrogens (tertiary/aromatic N) is 2. The molecule has 1 heterocycles. The Morgan fingerprint density at radius 1 is 1.35 bits per heavy atom. The number of aryl methyl sites for hydroxylation is 1. The molecule has 20 heavy (non-hydrogen) atoms. The number of nitrogens with one attached hydrogen (secondary N) is 2. The van der Waals surface area contributed by atoms with Crippen molar-refractivity contribution in [2.24, 2.45) is 0 Å². The molecule has 2 rings (SSSR count). The van der Waals surface area contributed by atoms with Crippen molar-refractivity contribution >= 4 is 15.7 Å². The number of sulfonamides is 1. The van der Waals surface area contributed by atoms with Crippen molar-refractivity contribution in [2.45, 2.75) is 31.7 Å². The van der Waals surface area contributed by atoms with Crippen LogP contribution in [0.25, 0.3) is 0 Å². The zero-order valence-corrected chi connectivity index (χ0v) is 12.3. The summed E-state index contributed by atoms with van der Waals surface area (Å²) in [5, 5.41) is 6.34. The van der Waals surface area contributed by atoms with Crippen LogP contribution >= 0.6 is 0 Å². The average Bonchev–Trinajstić information content (AvgIpc) is 2.86. The summed E-state index contributed by atoms with van der Waals surface area (Å²) in [6.45, 7) is 5.17. The van der Waals surface area contributed by atoms with E-state index in [0.717, 1.165) is 5.56 Å². The number of nitrogens with two attached hydrogens (primary N) is 1. The van der Waals surface area contributed by atoms with E-state index in [1.807, 2.05) is 0 Å². The van der Waals surface area contributed by atoms with Crippen molar-refractivity contribution in [2.75, 3.05) is 5.73 Å². The van der Waals surface area contributed by atoms with E-state index in [9.17, 15) is 8.42 Å². The van der Waals surface area contributed by atoms with Gasteiger partial charge in [0.1, 0.15) is 12.2 Å². The van der Waals surface area contributed by atoms with Crippen molar-refractivity contribution in [3.8, 4) is 0 Å². The van der Waals surface area contributed by atoms with Crippen molar-refractivity contribution in [3.63, 3.8) is 0 Å². The Kier molecular flexibility index (Phi) is 3.78. The molecule has 8 heteroatoms. The molecule has 0 spiro atoms. The van der Waals surface area contributed by atoms with Gasteiger partial charge in [0, 0.05) is 5.69 Å². The summed E-state index contributed by atoms with van der Waals surface area (Å²) < 4.78 is 27.4. The summed E-state index contributed by atoms with van der Waals surface area (Å²) in [5.74, 6) is 0.451. The maximum Gasteiger partial charge on any atom is 0.241 e. The van der Waals surface area contributed by atoms with Gasteiger partial charge in [-0.2, -0.15) is 5.10 Å². The summed E-state index contributed by atoms with van der Waals surface area (Å²) in [4.78, 5) is 4.12. The van der Waals surface area contributed by atoms with E-state index in [-0.39, 0.29) is 4.90 Å². The lowest BCUT2D eigenvalue weighted by Crippen LogP contribution is -2.28. The minimum Gasteiger partial charge on any atom is -0.398 e. The number of benzene rings is 1. The first-order valence-electron chi connectivity index (χ1n) is 6.05. The molecule has 0 saturated carbocycles. The van der Waals surface area contributed by atoms with E-state index in [1.165, 1.54) is 6.33 Å². The highest BCUT2D eigenvalue weighted by Gasteiger charge is 2.22. The number of anilines is 1. The molecule has 0 aliphatic carbocycles. The van der Waals surface area contributed by atoms with Crippen LogP contribution < -0.4 is 10.5 Å². The quantitative estimate of drug-likeness (QED) is 0.729. The Labute approximate surface area is 117 Å². The van der Waals surface area contributed by atoms with Gasteiger partial charge >= 0.3 is 0 Å². The van der Waals surface area contributed by atoms with Gasteiger partial charge in [0.15, 0.2) is 0 Å². The fourth-order valence-corrected chi connectivity index (χ4v) is 3.47. The largest absolute Gasteiger partial charge is 0.398 e. The molecule has 108 valence electrons. The second-order valence-corrected chi connectivity index (χ2v) is 6.37. The van der Waals surface area contributed by atoms with E-state index < -0.39 is 16.1 Å². The van der Waals surface area contributed by atoms with E-state index in [0.29, 0.717) is 17.1 Å². The molecule has 0 radical (unpaired) electrons. The molecule has 1 unspecified atom stereocenters. The van der Waals surface area contributed by atoms with Gasteiger partial charge in [0.05, 0.1) is 10.9 Å². The first-order chi connectivity index (χ1) is 9.31. The third-order valence-electron chi connectivity index (χ3n) is 3.01. The maximum atomic E-state index is 12.4. The monoisotopic (exact) mass is 295 g/mol. The van der Waals surface area contributed by atoms with E-state index >= 15 is 0 Å². The molecule has 4 N–H and O–H groups in total. The summed E-state index contributed by atoms with van der Waals surface area (Å²) in [5.41, 5.74) is 7.61. The fourth-order valence-electron chi connectivity index (χ4n) is 1.91. The lowest BCUT2D eigenvalue weighted by Gasteiger charge is -2.15. The van der Waals surface area contributed by atoms with Gasteiger partial charge < -0.3 is 5.73 Å². The standard InChI is InChI=1S/C12H17N5O2S/c1-7-4-10(13)8(2)11(5-7)20(18,19)17-9(3)12-14-6-15-16-12/h4-6,9,17H,13H2,1-3H3,(H,14,15,16). The van der Waals surface area contributed by atoms with Crippen LogP contribution in [0, 0.1) is 13.8 Å². The van der Waals surface area contributed by atoms with Gasteiger partial charge in [0.2, 0.25) is 10.0 Å². The molecule has 0 saturated heterocycles. The fraction of sp³-hybridized carbons (Fsp3) is 0.333. The normalized spacial score (nSPS) is 13.3. The SMILES string of the molecule is Cc1cc(N)c(C)c(S(=O)(=O)NC(C)c2ncn[nH]2)c1. The Balaban J connectivity index is 2.36. The number of hydrogen-bond donors (Lipinski definition) is 3. The first-order valence-corrected chi connectivity index (χ1v) is 7.54. The van der Waals surface area contributed by atoms with Crippen molar-refractivity contribution in [1.82, 2.24) is 19.9 Å². The molecule has 0 aliphatic rings. The van der Waals surface area contributed by atoms with Crippen LogP contribution in [0.5, 0.6) is 0 Å². The molecule has 0 bridgehead atoms. The second-order valence-electron chi connectivity index (χ2n) is 4.69. The highest BCUT2D eigenvalue weighted by Crippen LogP contribution is 2.24. The van der Waals surface area contributed by atoms with Gasteiger partial charge in [-0.05, 0) is 44.0 Å². The van der Waals surface area contributed by atoms with Gasteiger partial charge in [0.25, 0.3) is 0 Å². The highest BCUT2D eigenvalue weighted by molar-refractivity contribution is 7.89. The predicted octanol–water partition coefficient (Wildman–Crippen LogP) is 1.04. The Morgan fingerprint density at radius 3 is 2.65 bits per heavy atom. The average molecular weight is 295 g/mol. The molecule has 0 amide bonds. The first kappa shape index (κ1) is 14.5. The van der Waals surface area contributed by atoms with E-state index in [2.05, 4.69) is 19.9 Å². The van der Waals surface area contributed by atoms with Gasteiger partial charge in [-0.25, -0.2) is 18.1 Å². The lowest BCUT2D eigenvalue weighted by molar-refractivity contribution is 0.559. The van der Waals surface area contributed by atoms with E-state index in [4.69, 9.17) is 5.73 Å². The van der Waals surface area contributed by atoms with Crippen LogP contribution in [0.1, 0.15) is 29.9 Å². The summed E-state index contributed by atoms with van der Waals surface area (Å²) in [6.07, 6.45) is 1.33. The number of H-pyrrole nitrogens is 1. The molecule has 2 aromatic rings. The molecule has 1 aromatic heterocycles. The van der Waals surface area contributed by atoms with Crippen LogP contribution in [-0.4, -0.2) is 23.6 Å². The third kappa shape index (κ3) is 2.81. The molecular formula is C12H17N5O2S. The van der Waals surface area contributed by atoms with Gasteiger partial charge in [-0.15, -0.1) is 0 Å². The molecule has 1 atom stereocenters. The minimum atomic E-state index is -3.68. The Morgan fingerprint density at radius 2 is 2.05 bits per heavy atom. The Hall–Kier alpha value is -1.93. The third-order valence-corrected chi connectivity index (χ3v) is 4.68. The Bertz CT molecular complexity index is 710. The second kappa shape index (κ2) is 5.22. The van der Waals surface area contributed by atoms with Gasteiger partial charge in [-0.1, -0.05) is 0 Å². The van der Waals surface area contributed by atoms with Crippen molar-refractivity contribution in [3.05, 3.63) is 35.4 Å². The molecular weight excluding hydrogens is 278 g/mol.